The van der Waals surface area contributed by atoms with Gasteiger partial charge in [0.2, 0.25) is 10.0 Å². The molecule has 4 rings (SSSR count). The van der Waals surface area contributed by atoms with Crippen molar-refractivity contribution < 1.29 is 17.9 Å². The van der Waals surface area contributed by atoms with Crippen LogP contribution in [0.25, 0.3) is 0 Å². The average molecular weight is 492 g/mol. The summed E-state index contributed by atoms with van der Waals surface area (Å²) in [7, 11) is -3.78. The van der Waals surface area contributed by atoms with E-state index < -0.39 is 15.9 Å². The smallest absolute Gasteiger partial charge is 0.289 e. The third kappa shape index (κ3) is 4.54. The first-order chi connectivity index (χ1) is 15.2. The molecule has 1 amide bonds. The van der Waals surface area contributed by atoms with Crippen molar-refractivity contribution in [3.63, 3.8) is 0 Å². The molecule has 0 unspecified atom stereocenters. The number of nitrogens with one attached hydrogen (secondary N) is 2. The van der Waals surface area contributed by atoms with Crippen LogP contribution in [0.4, 0.5) is 22.7 Å². The molecular formula is C20H18ClN5O4S2. The number of amides is 1. The Morgan fingerprint density at radius 1 is 1.25 bits per heavy atom. The Balaban J connectivity index is 1.69. The van der Waals surface area contributed by atoms with Crippen LogP contribution in [0, 0.1) is 5.41 Å². The van der Waals surface area contributed by atoms with Gasteiger partial charge >= 0.3 is 0 Å². The first-order valence-corrected chi connectivity index (χ1v) is 12.4. The van der Waals surface area contributed by atoms with Crippen LogP contribution in [0.3, 0.4) is 0 Å². The Morgan fingerprint density at radius 3 is 2.59 bits per heavy atom. The summed E-state index contributed by atoms with van der Waals surface area (Å²) in [5.41, 5.74) is 1.54. The molecule has 32 heavy (non-hydrogen) atoms. The molecule has 0 spiro atoms. The predicted molar refractivity (Wildman–Crippen MR) is 126 cm³/mol. The highest BCUT2D eigenvalue weighted by atomic mass is 35.5. The third-order valence-electron chi connectivity index (χ3n) is 4.59. The average Bonchev–Trinajstić information content (AvgIpc) is 3.37. The van der Waals surface area contributed by atoms with Crippen molar-refractivity contribution in [2.75, 3.05) is 33.9 Å². The summed E-state index contributed by atoms with van der Waals surface area (Å²) < 4.78 is 32.3. The summed E-state index contributed by atoms with van der Waals surface area (Å²) in [5.74, 6) is -0.424. The van der Waals surface area contributed by atoms with Crippen molar-refractivity contribution in [1.82, 2.24) is 4.98 Å². The first-order valence-electron chi connectivity index (χ1n) is 9.34. The van der Waals surface area contributed by atoms with E-state index in [0.717, 1.165) is 21.9 Å². The predicted octanol–water partition coefficient (Wildman–Crippen LogP) is 3.92. The lowest BCUT2D eigenvalue weighted by atomic mass is 10.2. The minimum atomic E-state index is -3.78. The lowest BCUT2D eigenvalue weighted by Gasteiger charge is -2.25. The lowest BCUT2D eigenvalue weighted by molar-refractivity contribution is 0.103. The molecule has 3 aromatic rings. The van der Waals surface area contributed by atoms with Crippen molar-refractivity contribution in [3.8, 4) is 0 Å². The number of pyridine rings is 1. The van der Waals surface area contributed by atoms with Crippen LogP contribution in [0.5, 0.6) is 0 Å². The fourth-order valence-corrected chi connectivity index (χ4v) is 5.18. The van der Waals surface area contributed by atoms with Gasteiger partial charge in [0.15, 0.2) is 0 Å². The number of ether oxygens (including phenoxy) is 1. The number of carbonyl (C=O) groups is 1. The molecular weight excluding hydrogens is 474 g/mol. The molecule has 3 heterocycles. The molecule has 1 aliphatic heterocycles. The minimum Gasteiger partial charge on any atom is -0.463 e. The number of rotatable bonds is 6. The van der Waals surface area contributed by atoms with Crippen molar-refractivity contribution in [3.05, 3.63) is 64.1 Å². The van der Waals surface area contributed by atoms with E-state index >= 15 is 0 Å². The van der Waals surface area contributed by atoms with Gasteiger partial charge in [0, 0.05) is 11.9 Å². The summed E-state index contributed by atoms with van der Waals surface area (Å²) >= 11 is 7.03. The maximum Gasteiger partial charge on any atom is 0.289 e. The van der Waals surface area contributed by atoms with Crippen molar-refractivity contribution in [2.45, 2.75) is 0 Å². The topological polar surface area (TPSA) is 116 Å². The van der Waals surface area contributed by atoms with Gasteiger partial charge in [0.25, 0.3) is 11.9 Å². The van der Waals surface area contributed by atoms with Crippen LogP contribution in [-0.4, -0.2) is 44.7 Å². The highest BCUT2D eigenvalue weighted by Crippen LogP contribution is 2.35. The van der Waals surface area contributed by atoms with E-state index in [9.17, 15) is 13.2 Å². The number of amidine groups is 1. The van der Waals surface area contributed by atoms with Crippen LogP contribution in [-0.2, 0) is 14.8 Å². The molecule has 0 atom stereocenters. The molecule has 0 bridgehead atoms. The summed E-state index contributed by atoms with van der Waals surface area (Å²) in [5, 5.41) is 10.5. The number of hydrogen-bond acceptors (Lipinski definition) is 7. The Kier molecular flexibility index (Phi) is 6.04. The quantitative estimate of drug-likeness (QED) is 0.540. The summed E-state index contributed by atoms with van der Waals surface area (Å²) in [6.07, 6.45) is 3.91. The van der Waals surface area contributed by atoms with Gasteiger partial charge in [-0.25, -0.2) is 12.7 Å². The lowest BCUT2D eigenvalue weighted by Crippen LogP contribution is -2.27. The number of hydrogen-bond donors (Lipinski definition) is 2. The molecule has 12 heteroatoms. The number of carbonyl (C=O) groups excluding carboxylic acids is 1. The molecule has 9 nitrogen and oxygen atoms in total. The number of sulfonamides is 1. The molecule has 2 aromatic heterocycles. The number of thiophene rings is 1. The van der Waals surface area contributed by atoms with Gasteiger partial charge in [-0.05, 0) is 42.5 Å². The Morgan fingerprint density at radius 2 is 2.00 bits per heavy atom. The Labute approximate surface area is 193 Å². The van der Waals surface area contributed by atoms with Crippen LogP contribution in [0.15, 0.2) is 54.9 Å². The van der Waals surface area contributed by atoms with Crippen molar-refractivity contribution in [2.24, 2.45) is 0 Å². The molecule has 0 radical (unpaired) electrons. The molecule has 1 fully saturated rings. The summed E-state index contributed by atoms with van der Waals surface area (Å²) in [6.45, 7) is 0.965. The standard InChI is InChI=1S/C20H18ClN5O4S2/c1-32(28,29)26(14-4-2-13(3-5-14)25-10-11-30-20(25)22)16-8-9-23-12-15(16)24-19(27)17-6-7-18(21)31-17/h2-9,12,22H,10-11H2,1H3,(H,24,27). The number of anilines is 4. The summed E-state index contributed by atoms with van der Waals surface area (Å²) in [6, 6.07) is 11.4. The molecule has 0 saturated carbocycles. The largest absolute Gasteiger partial charge is 0.463 e. The fourth-order valence-electron chi connectivity index (χ4n) is 3.22. The fraction of sp³-hybridized carbons (Fsp3) is 0.150. The van der Waals surface area contributed by atoms with E-state index in [0.29, 0.717) is 33.7 Å². The van der Waals surface area contributed by atoms with E-state index in [1.807, 2.05) is 0 Å². The van der Waals surface area contributed by atoms with E-state index in [2.05, 4.69) is 10.3 Å². The molecule has 1 aromatic carbocycles. The van der Waals surface area contributed by atoms with Gasteiger partial charge in [-0.1, -0.05) is 11.6 Å². The van der Waals surface area contributed by atoms with Gasteiger partial charge in [0.1, 0.15) is 6.61 Å². The summed E-state index contributed by atoms with van der Waals surface area (Å²) in [4.78, 5) is 18.7. The highest BCUT2D eigenvalue weighted by Gasteiger charge is 2.25. The monoisotopic (exact) mass is 491 g/mol. The zero-order chi connectivity index (χ0) is 22.9. The van der Waals surface area contributed by atoms with E-state index in [1.54, 1.807) is 41.3 Å². The number of halogens is 1. The Bertz CT molecular complexity index is 1280. The maximum absolute atomic E-state index is 12.7. The number of nitrogens with zero attached hydrogens (tertiary/aromatic N) is 3. The number of benzene rings is 1. The van der Waals surface area contributed by atoms with Crippen LogP contribution >= 0.6 is 22.9 Å². The zero-order valence-corrected chi connectivity index (χ0v) is 19.2. The second kappa shape index (κ2) is 8.77. The van der Waals surface area contributed by atoms with Crippen LogP contribution in [0.1, 0.15) is 9.67 Å². The third-order valence-corrected chi connectivity index (χ3v) is 6.89. The van der Waals surface area contributed by atoms with Gasteiger partial charge in [0.05, 0.1) is 45.3 Å². The zero-order valence-electron chi connectivity index (χ0n) is 16.8. The van der Waals surface area contributed by atoms with E-state index in [1.165, 1.54) is 18.5 Å². The van der Waals surface area contributed by atoms with Gasteiger partial charge in [-0.15, -0.1) is 11.3 Å². The molecule has 0 aliphatic carbocycles. The van der Waals surface area contributed by atoms with Gasteiger partial charge < -0.3 is 10.1 Å². The van der Waals surface area contributed by atoms with Crippen molar-refractivity contribution >= 4 is 67.6 Å². The van der Waals surface area contributed by atoms with E-state index in [-0.39, 0.29) is 17.4 Å². The maximum atomic E-state index is 12.7. The minimum absolute atomic E-state index is 0.0468. The second-order valence-corrected chi connectivity index (χ2v) is 10.3. The molecule has 166 valence electrons. The molecule has 1 saturated heterocycles. The second-order valence-electron chi connectivity index (χ2n) is 6.80. The Hall–Kier alpha value is -3.15. The highest BCUT2D eigenvalue weighted by molar-refractivity contribution is 7.92. The van der Waals surface area contributed by atoms with Crippen molar-refractivity contribution in [1.29, 1.82) is 5.41 Å². The van der Waals surface area contributed by atoms with Crippen LogP contribution < -0.4 is 14.5 Å². The SMILES string of the molecule is CS(=O)(=O)N(c1ccc(N2CCOC2=N)cc1)c1ccncc1NC(=O)c1ccc(Cl)s1. The van der Waals surface area contributed by atoms with Gasteiger partial charge in [-0.2, -0.15) is 0 Å². The normalized spacial score (nSPS) is 13.7. The molecule has 2 N–H and O–H groups in total. The van der Waals surface area contributed by atoms with Crippen LogP contribution in [0.2, 0.25) is 4.34 Å². The number of aromatic nitrogens is 1. The van der Waals surface area contributed by atoms with Gasteiger partial charge in [-0.3, -0.25) is 20.1 Å². The molecule has 1 aliphatic rings. The first kappa shape index (κ1) is 22.1. The van der Waals surface area contributed by atoms with E-state index in [4.69, 9.17) is 21.7 Å².